The standard InChI is InChI=1S/C21H25NO5/c1-21(2,3)27-20(25)22-13-18(19(23)24)16-10-7-11-17(12-16)26-14-15-8-5-4-6-9-15/h4-12,18H,13-14H2,1-3H3,(H,22,25)(H,23,24). The van der Waals surface area contributed by atoms with Crippen molar-refractivity contribution in [1.82, 2.24) is 5.32 Å². The number of carbonyl (C=O) groups is 2. The predicted molar refractivity (Wildman–Crippen MR) is 102 cm³/mol. The summed E-state index contributed by atoms with van der Waals surface area (Å²) in [5.74, 6) is -1.37. The maximum absolute atomic E-state index is 11.8. The Morgan fingerprint density at radius 2 is 1.78 bits per heavy atom. The zero-order chi connectivity index (χ0) is 19.9. The lowest BCUT2D eigenvalue weighted by Crippen LogP contribution is -2.36. The number of nitrogens with one attached hydrogen (secondary N) is 1. The number of carboxylic acid groups (broad SMARTS) is 1. The van der Waals surface area contributed by atoms with E-state index in [-0.39, 0.29) is 6.54 Å². The molecular weight excluding hydrogens is 346 g/mol. The molecular formula is C21H25NO5. The van der Waals surface area contributed by atoms with E-state index in [9.17, 15) is 14.7 Å². The maximum atomic E-state index is 11.8. The Morgan fingerprint density at radius 3 is 2.41 bits per heavy atom. The van der Waals surface area contributed by atoms with Crippen LogP contribution in [-0.2, 0) is 16.1 Å². The Hall–Kier alpha value is -3.02. The van der Waals surface area contributed by atoms with Gasteiger partial charge in [0.1, 0.15) is 18.0 Å². The highest BCUT2D eigenvalue weighted by Crippen LogP contribution is 2.22. The van der Waals surface area contributed by atoms with Crippen LogP contribution in [-0.4, -0.2) is 29.3 Å². The average Bonchev–Trinajstić information content (AvgIpc) is 2.59. The minimum Gasteiger partial charge on any atom is -0.489 e. The Balaban J connectivity index is 2.02. The molecule has 0 fully saturated rings. The van der Waals surface area contributed by atoms with Gasteiger partial charge < -0.3 is 19.9 Å². The van der Waals surface area contributed by atoms with Gasteiger partial charge in [0.25, 0.3) is 0 Å². The van der Waals surface area contributed by atoms with Gasteiger partial charge in [-0.1, -0.05) is 42.5 Å². The van der Waals surface area contributed by atoms with E-state index in [1.54, 1.807) is 45.0 Å². The van der Waals surface area contributed by atoms with Crippen molar-refractivity contribution in [2.24, 2.45) is 0 Å². The smallest absolute Gasteiger partial charge is 0.407 e. The summed E-state index contributed by atoms with van der Waals surface area (Å²) in [5, 5.41) is 12.1. The molecule has 27 heavy (non-hydrogen) atoms. The number of ether oxygens (including phenoxy) is 2. The van der Waals surface area contributed by atoms with Crippen LogP contribution in [0.2, 0.25) is 0 Å². The molecule has 0 aliphatic heterocycles. The molecule has 0 aromatic heterocycles. The van der Waals surface area contributed by atoms with Gasteiger partial charge in [0.15, 0.2) is 0 Å². The third-order valence-corrected chi connectivity index (χ3v) is 3.66. The quantitative estimate of drug-likeness (QED) is 0.769. The summed E-state index contributed by atoms with van der Waals surface area (Å²) in [6, 6.07) is 16.6. The molecule has 1 atom stereocenters. The second-order valence-corrected chi connectivity index (χ2v) is 7.12. The summed E-state index contributed by atoms with van der Waals surface area (Å²) in [5.41, 5.74) is 0.918. The van der Waals surface area contributed by atoms with Crippen molar-refractivity contribution in [3.8, 4) is 5.75 Å². The van der Waals surface area contributed by atoms with Crippen molar-refractivity contribution in [1.29, 1.82) is 0 Å². The highest BCUT2D eigenvalue weighted by molar-refractivity contribution is 5.78. The van der Waals surface area contributed by atoms with E-state index in [1.165, 1.54) is 0 Å². The van der Waals surface area contributed by atoms with Crippen molar-refractivity contribution in [2.75, 3.05) is 6.54 Å². The van der Waals surface area contributed by atoms with Gasteiger partial charge in [-0.05, 0) is 44.0 Å². The van der Waals surface area contributed by atoms with E-state index >= 15 is 0 Å². The topological polar surface area (TPSA) is 84.9 Å². The Bertz CT molecular complexity index is 768. The molecule has 144 valence electrons. The number of rotatable bonds is 7. The zero-order valence-corrected chi connectivity index (χ0v) is 15.8. The van der Waals surface area contributed by atoms with Crippen LogP contribution < -0.4 is 10.1 Å². The van der Waals surface area contributed by atoms with E-state index in [4.69, 9.17) is 9.47 Å². The number of hydrogen-bond acceptors (Lipinski definition) is 4. The minimum atomic E-state index is -1.04. The normalized spacial score (nSPS) is 12.1. The molecule has 6 nitrogen and oxygen atoms in total. The van der Waals surface area contributed by atoms with Crippen LogP contribution in [0.1, 0.15) is 37.8 Å². The highest BCUT2D eigenvalue weighted by Gasteiger charge is 2.23. The second-order valence-electron chi connectivity index (χ2n) is 7.12. The van der Waals surface area contributed by atoms with Gasteiger partial charge in [-0.2, -0.15) is 0 Å². The number of amides is 1. The fourth-order valence-corrected chi connectivity index (χ4v) is 2.41. The first-order valence-electron chi connectivity index (χ1n) is 8.71. The van der Waals surface area contributed by atoms with Crippen LogP contribution in [0.15, 0.2) is 54.6 Å². The molecule has 2 aromatic rings. The molecule has 0 bridgehead atoms. The summed E-state index contributed by atoms with van der Waals surface area (Å²) < 4.78 is 10.9. The number of aliphatic carboxylic acids is 1. The number of hydrogen-bond donors (Lipinski definition) is 2. The Labute approximate surface area is 159 Å². The van der Waals surface area contributed by atoms with E-state index in [1.807, 2.05) is 30.3 Å². The summed E-state index contributed by atoms with van der Waals surface area (Å²) in [7, 11) is 0. The first kappa shape index (κ1) is 20.3. The lowest BCUT2D eigenvalue weighted by molar-refractivity contribution is -0.138. The zero-order valence-electron chi connectivity index (χ0n) is 15.8. The third-order valence-electron chi connectivity index (χ3n) is 3.66. The van der Waals surface area contributed by atoms with E-state index in [0.717, 1.165) is 5.56 Å². The summed E-state index contributed by atoms with van der Waals surface area (Å²) in [4.78, 5) is 23.4. The molecule has 0 aliphatic rings. The molecule has 0 radical (unpaired) electrons. The highest BCUT2D eigenvalue weighted by atomic mass is 16.6. The van der Waals surface area contributed by atoms with Crippen LogP contribution in [0, 0.1) is 0 Å². The summed E-state index contributed by atoms with van der Waals surface area (Å²) >= 11 is 0. The second kappa shape index (κ2) is 9.07. The number of alkyl carbamates (subject to hydrolysis) is 1. The molecule has 0 saturated carbocycles. The lowest BCUT2D eigenvalue weighted by Gasteiger charge is -2.21. The molecule has 2 aromatic carbocycles. The number of carbonyl (C=O) groups excluding carboxylic acids is 1. The molecule has 2 rings (SSSR count). The Kier molecular flexibility index (Phi) is 6.82. The van der Waals surface area contributed by atoms with E-state index in [2.05, 4.69) is 5.32 Å². The van der Waals surface area contributed by atoms with Gasteiger partial charge in [-0.15, -0.1) is 0 Å². The molecule has 6 heteroatoms. The van der Waals surface area contributed by atoms with Gasteiger partial charge in [0.05, 0.1) is 5.92 Å². The molecule has 0 saturated heterocycles. The SMILES string of the molecule is CC(C)(C)OC(=O)NCC(C(=O)O)c1cccc(OCc2ccccc2)c1. The van der Waals surface area contributed by atoms with Crippen LogP contribution in [0.4, 0.5) is 4.79 Å². The number of carboxylic acids is 1. The lowest BCUT2D eigenvalue weighted by atomic mass is 9.99. The summed E-state index contributed by atoms with van der Waals surface area (Å²) in [6.45, 7) is 5.54. The van der Waals surface area contributed by atoms with E-state index in [0.29, 0.717) is 17.9 Å². The van der Waals surface area contributed by atoms with Crippen molar-refractivity contribution < 1.29 is 24.2 Å². The first-order valence-corrected chi connectivity index (χ1v) is 8.71. The monoisotopic (exact) mass is 371 g/mol. The van der Waals surface area contributed by atoms with Gasteiger partial charge in [-0.3, -0.25) is 4.79 Å². The van der Waals surface area contributed by atoms with Crippen molar-refractivity contribution in [3.05, 3.63) is 65.7 Å². The Morgan fingerprint density at radius 1 is 1.07 bits per heavy atom. The molecule has 0 aliphatic carbocycles. The fraction of sp³-hybridized carbons (Fsp3) is 0.333. The van der Waals surface area contributed by atoms with Crippen LogP contribution in [0.5, 0.6) is 5.75 Å². The van der Waals surface area contributed by atoms with E-state index < -0.39 is 23.6 Å². The minimum absolute atomic E-state index is 0.0770. The van der Waals surface area contributed by atoms with Crippen molar-refractivity contribution in [3.63, 3.8) is 0 Å². The van der Waals surface area contributed by atoms with Crippen LogP contribution in [0.3, 0.4) is 0 Å². The van der Waals surface area contributed by atoms with Crippen molar-refractivity contribution >= 4 is 12.1 Å². The molecule has 0 heterocycles. The predicted octanol–water partition coefficient (Wildman–Crippen LogP) is 3.96. The number of benzene rings is 2. The first-order chi connectivity index (χ1) is 12.7. The van der Waals surface area contributed by atoms with Gasteiger partial charge in [-0.25, -0.2) is 4.79 Å². The van der Waals surface area contributed by atoms with Gasteiger partial charge in [0, 0.05) is 6.54 Å². The van der Waals surface area contributed by atoms with Crippen LogP contribution in [0.25, 0.3) is 0 Å². The maximum Gasteiger partial charge on any atom is 0.407 e. The third kappa shape index (κ3) is 7.01. The summed E-state index contributed by atoms with van der Waals surface area (Å²) in [6.07, 6.45) is -0.648. The largest absolute Gasteiger partial charge is 0.489 e. The van der Waals surface area contributed by atoms with Gasteiger partial charge >= 0.3 is 12.1 Å². The van der Waals surface area contributed by atoms with Crippen LogP contribution >= 0.6 is 0 Å². The van der Waals surface area contributed by atoms with Gasteiger partial charge in [0.2, 0.25) is 0 Å². The molecule has 1 amide bonds. The fourth-order valence-electron chi connectivity index (χ4n) is 2.41. The molecule has 2 N–H and O–H groups in total. The average molecular weight is 371 g/mol. The molecule has 1 unspecified atom stereocenters. The molecule has 0 spiro atoms. The van der Waals surface area contributed by atoms with Crippen molar-refractivity contribution in [2.45, 2.75) is 38.9 Å².